The third-order valence-corrected chi connectivity index (χ3v) is 5.96. The lowest BCUT2D eigenvalue weighted by molar-refractivity contribution is -0.385. The van der Waals surface area contributed by atoms with Crippen LogP contribution in [0.2, 0.25) is 0 Å². The van der Waals surface area contributed by atoms with Gasteiger partial charge in [0.25, 0.3) is 11.6 Å². The molecule has 3 aromatic carbocycles. The van der Waals surface area contributed by atoms with Crippen molar-refractivity contribution in [3.63, 3.8) is 0 Å². The van der Waals surface area contributed by atoms with Gasteiger partial charge in [0.2, 0.25) is 12.1 Å². The smallest absolute Gasteiger partial charge is 0.276 e. The van der Waals surface area contributed by atoms with Gasteiger partial charge in [-0.1, -0.05) is 42.5 Å². The Bertz CT molecular complexity index is 1430. The molecule has 2 aliphatic heterocycles. The Labute approximate surface area is 199 Å². The number of amides is 2. The van der Waals surface area contributed by atoms with E-state index in [1.54, 1.807) is 35.2 Å². The zero-order valence-corrected chi connectivity index (χ0v) is 18.3. The van der Waals surface area contributed by atoms with Gasteiger partial charge in [-0.3, -0.25) is 19.7 Å². The van der Waals surface area contributed by atoms with Crippen LogP contribution in [0, 0.1) is 15.9 Å². The van der Waals surface area contributed by atoms with Crippen molar-refractivity contribution >= 4 is 35.0 Å². The molecule has 9 heteroatoms. The summed E-state index contributed by atoms with van der Waals surface area (Å²) >= 11 is 0. The number of anilines is 1. The zero-order valence-electron chi connectivity index (χ0n) is 18.3. The van der Waals surface area contributed by atoms with E-state index in [2.05, 4.69) is 10.3 Å². The first kappa shape index (κ1) is 22.1. The highest BCUT2D eigenvalue weighted by molar-refractivity contribution is 6.21. The van der Waals surface area contributed by atoms with E-state index in [1.807, 2.05) is 12.1 Å². The van der Waals surface area contributed by atoms with E-state index in [-0.39, 0.29) is 22.5 Å². The molecule has 3 aromatic rings. The Morgan fingerprint density at radius 1 is 1.09 bits per heavy atom. The fraction of sp³-hybridized carbons (Fsp3) is 0.115. The molecule has 0 saturated heterocycles. The van der Waals surface area contributed by atoms with E-state index in [0.717, 1.165) is 11.6 Å². The minimum Gasteiger partial charge on any atom is -0.323 e. The maximum atomic E-state index is 14.8. The predicted molar refractivity (Wildman–Crippen MR) is 129 cm³/mol. The molecular formula is C26H19FN4O4. The van der Waals surface area contributed by atoms with Gasteiger partial charge in [0.05, 0.1) is 21.9 Å². The number of benzene rings is 3. The van der Waals surface area contributed by atoms with Crippen LogP contribution in [0.25, 0.3) is 6.08 Å². The van der Waals surface area contributed by atoms with Crippen LogP contribution >= 0.6 is 0 Å². The van der Waals surface area contributed by atoms with Crippen molar-refractivity contribution in [2.24, 2.45) is 4.99 Å². The van der Waals surface area contributed by atoms with Gasteiger partial charge in [0.1, 0.15) is 5.82 Å². The van der Waals surface area contributed by atoms with Crippen molar-refractivity contribution in [1.29, 1.82) is 0 Å². The number of rotatable bonds is 5. The second-order valence-electron chi connectivity index (χ2n) is 8.07. The number of nitro groups is 1. The Morgan fingerprint density at radius 2 is 1.83 bits per heavy atom. The summed E-state index contributed by atoms with van der Waals surface area (Å²) in [6.07, 6.45) is 1.75. The highest BCUT2D eigenvalue weighted by Gasteiger charge is 2.37. The standard InChI is InChI=1S/C26H19FN4O4/c27-20-10-3-2-8-18(20)23-19-9-5-7-17-14-15-30(24(17)19)26(33)25(29-23)28-22(32)13-12-16-6-1-4-11-21(16)31(34)35/h1-13,25H,14-15H2,(H,28,32). The Morgan fingerprint density at radius 3 is 2.63 bits per heavy atom. The van der Waals surface area contributed by atoms with Crippen molar-refractivity contribution in [1.82, 2.24) is 5.32 Å². The molecule has 0 saturated carbocycles. The van der Waals surface area contributed by atoms with Crippen molar-refractivity contribution in [3.8, 4) is 0 Å². The molecule has 2 aliphatic rings. The monoisotopic (exact) mass is 470 g/mol. The number of halogens is 1. The first-order valence-electron chi connectivity index (χ1n) is 10.9. The van der Waals surface area contributed by atoms with E-state index in [1.165, 1.54) is 30.3 Å². The van der Waals surface area contributed by atoms with Gasteiger partial charge in [-0.2, -0.15) is 0 Å². The topological polar surface area (TPSA) is 105 Å². The van der Waals surface area contributed by atoms with Gasteiger partial charge >= 0.3 is 0 Å². The minimum atomic E-state index is -1.30. The summed E-state index contributed by atoms with van der Waals surface area (Å²) in [6, 6.07) is 17.7. The summed E-state index contributed by atoms with van der Waals surface area (Å²) in [4.78, 5) is 42.9. The second-order valence-corrected chi connectivity index (χ2v) is 8.07. The molecule has 1 unspecified atom stereocenters. The molecule has 0 aromatic heterocycles. The average molecular weight is 470 g/mol. The Hall–Kier alpha value is -4.66. The van der Waals surface area contributed by atoms with Gasteiger partial charge in [0, 0.05) is 29.8 Å². The van der Waals surface area contributed by atoms with E-state index < -0.39 is 28.7 Å². The third-order valence-electron chi connectivity index (χ3n) is 5.96. The number of hydrogen-bond acceptors (Lipinski definition) is 5. The molecular weight excluding hydrogens is 451 g/mol. The van der Waals surface area contributed by atoms with Crippen molar-refractivity contribution in [2.45, 2.75) is 12.6 Å². The van der Waals surface area contributed by atoms with Gasteiger partial charge in [-0.05, 0) is 36.3 Å². The lowest BCUT2D eigenvalue weighted by atomic mass is 9.98. The summed E-state index contributed by atoms with van der Waals surface area (Å²) < 4.78 is 14.8. The number of para-hydroxylation sites is 2. The summed E-state index contributed by atoms with van der Waals surface area (Å²) in [6.45, 7) is 0.420. The summed E-state index contributed by atoms with van der Waals surface area (Å²) in [5, 5.41) is 13.8. The Balaban J connectivity index is 1.52. The molecule has 0 spiro atoms. The Kier molecular flexibility index (Phi) is 5.66. The number of nitrogens with one attached hydrogen (secondary N) is 1. The average Bonchev–Trinajstić information content (AvgIpc) is 3.25. The number of aliphatic imine (C=N–C) groups is 1. The van der Waals surface area contributed by atoms with Crippen molar-refractivity contribution < 1.29 is 18.9 Å². The molecule has 0 aliphatic carbocycles. The quantitative estimate of drug-likeness (QED) is 0.349. The summed E-state index contributed by atoms with van der Waals surface area (Å²) in [5.74, 6) is -1.59. The number of nitro benzene ring substituents is 1. The second kappa shape index (κ2) is 8.94. The molecule has 0 bridgehead atoms. The van der Waals surface area contributed by atoms with Gasteiger partial charge in [0.15, 0.2) is 0 Å². The molecule has 0 radical (unpaired) electrons. The first-order valence-corrected chi connectivity index (χ1v) is 10.9. The summed E-state index contributed by atoms with van der Waals surface area (Å²) in [7, 11) is 0. The van der Waals surface area contributed by atoms with Crippen LogP contribution < -0.4 is 10.2 Å². The van der Waals surface area contributed by atoms with Crippen LogP contribution in [0.4, 0.5) is 15.8 Å². The summed E-state index contributed by atoms with van der Waals surface area (Å²) in [5.41, 5.74) is 2.82. The highest BCUT2D eigenvalue weighted by Crippen LogP contribution is 2.36. The van der Waals surface area contributed by atoms with Gasteiger partial charge < -0.3 is 10.2 Å². The minimum absolute atomic E-state index is 0.151. The van der Waals surface area contributed by atoms with E-state index in [9.17, 15) is 24.1 Å². The van der Waals surface area contributed by atoms with Crippen LogP contribution in [0.1, 0.15) is 22.3 Å². The molecule has 5 rings (SSSR count). The molecule has 1 N–H and O–H groups in total. The van der Waals surface area contributed by atoms with E-state index >= 15 is 0 Å². The number of carbonyl (C=O) groups is 2. The predicted octanol–water partition coefficient (Wildman–Crippen LogP) is 3.63. The van der Waals surface area contributed by atoms with Gasteiger partial charge in [-0.25, -0.2) is 9.38 Å². The maximum Gasteiger partial charge on any atom is 0.276 e. The lowest BCUT2D eigenvalue weighted by Gasteiger charge is -2.20. The van der Waals surface area contributed by atoms with Crippen LogP contribution in [0.3, 0.4) is 0 Å². The highest BCUT2D eigenvalue weighted by atomic mass is 19.1. The molecule has 174 valence electrons. The SMILES string of the molecule is O=C(C=Cc1ccccc1[N+](=O)[O-])NC1N=C(c2ccccc2F)c2cccc3c2N(CC3)C1=O. The van der Waals surface area contributed by atoms with Crippen LogP contribution in [-0.4, -0.2) is 35.2 Å². The lowest BCUT2D eigenvalue weighted by Crippen LogP contribution is -2.46. The van der Waals surface area contributed by atoms with Crippen LogP contribution in [0.15, 0.2) is 77.8 Å². The first-order chi connectivity index (χ1) is 16.9. The van der Waals surface area contributed by atoms with E-state index in [0.29, 0.717) is 24.2 Å². The number of hydrogen-bond donors (Lipinski definition) is 1. The normalized spacial score (nSPS) is 16.6. The molecule has 0 fully saturated rings. The van der Waals surface area contributed by atoms with Gasteiger partial charge in [-0.15, -0.1) is 0 Å². The third kappa shape index (κ3) is 4.08. The van der Waals surface area contributed by atoms with Crippen molar-refractivity contribution in [2.75, 3.05) is 11.4 Å². The fourth-order valence-corrected chi connectivity index (χ4v) is 4.37. The van der Waals surface area contributed by atoms with Crippen LogP contribution in [0.5, 0.6) is 0 Å². The molecule has 2 amide bonds. The zero-order chi connectivity index (χ0) is 24.5. The fourth-order valence-electron chi connectivity index (χ4n) is 4.37. The molecule has 8 nitrogen and oxygen atoms in total. The van der Waals surface area contributed by atoms with Crippen molar-refractivity contribution in [3.05, 3.63) is 111 Å². The number of nitrogens with zero attached hydrogens (tertiary/aromatic N) is 3. The van der Waals surface area contributed by atoms with Crippen LogP contribution in [-0.2, 0) is 16.0 Å². The largest absolute Gasteiger partial charge is 0.323 e. The number of carbonyl (C=O) groups excluding carboxylic acids is 2. The maximum absolute atomic E-state index is 14.8. The van der Waals surface area contributed by atoms with E-state index in [4.69, 9.17) is 0 Å². The molecule has 1 atom stereocenters. The molecule has 2 heterocycles. The molecule has 35 heavy (non-hydrogen) atoms.